The van der Waals surface area contributed by atoms with E-state index in [0.717, 1.165) is 11.1 Å². The zero-order valence-corrected chi connectivity index (χ0v) is 17.5. The molecule has 2 aromatic carbocycles. The van der Waals surface area contributed by atoms with E-state index in [9.17, 15) is 14.9 Å². The highest BCUT2D eigenvalue weighted by molar-refractivity contribution is 6.04. The van der Waals surface area contributed by atoms with Gasteiger partial charge in [0.05, 0.1) is 29.5 Å². The Bertz CT molecular complexity index is 1270. The number of rotatable bonds is 6. The third-order valence-electron chi connectivity index (χ3n) is 5.02. The number of aromatic nitrogens is 4. The number of hydrogen-bond donors (Lipinski definition) is 1. The van der Waals surface area contributed by atoms with E-state index in [1.54, 1.807) is 55.2 Å². The molecule has 160 valence electrons. The SMILES string of the molecule is Cc1nn(Cc2ccc(C(=O)Nc3cnc(-c4ccccc4)nc3)cc2)c(C)c1[N+](=O)[O-]. The van der Waals surface area contributed by atoms with Crippen LogP contribution in [0.1, 0.15) is 27.3 Å². The minimum Gasteiger partial charge on any atom is -0.319 e. The maximum atomic E-state index is 12.6. The molecule has 9 heteroatoms. The molecule has 0 aliphatic heterocycles. The van der Waals surface area contributed by atoms with Crippen LogP contribution in [0.3, 0.4) is 0 Å². The minimum atomic E-state index is -0.419. The number of anilines is 1. The summed E-state index contributed by atoms with van der Waals surface area (Å²) < 4.78 is 1.59. The number of nitro groups is 1. The van der Waals surface area contributed by atoms with Crippen LogP contribution in [0.4, 0.5) is 11.4 Å². The molecule has 0 aliphatic rings. The van der Waals surface area contributed by atoms with Crippen LogP contribution < -0.4 is 5.32 Å². The van der Waals surface area contributed by atoms with Gasteiger partial charge < -0.3 is 5.32 Å². The van der Waals surface area contributed by atoms with Crippen molar-refractivity contribution >= 4 is 17.3 Å². The van der Waals surface area contributed by atoms with Gasteiger partial charge in [0.2, 0.25) is 0 Å². The summed E-state index contributed by atoms with van der Waals surface area (Å²) in [7, 11) is 0. The van der Waals surface area contributed by atoms with Gasteiger partial charge in [-0.05, 0) is 31.5 Å². The molecule has 1 amide bonds. The number of carbonyl (C=O) groups excluding carboxylic acids is 1. The summed E-state index contributed by atoms with van der Waals surface area (Å²) in [6.07, 6.45) is 3.13. The number of amides is 1. The van der Waals surface area contributed by atoms with Gasteiger partial charge in [0, 0.05) is 11.1 Å². The first-order valence-electron chi connectivity index (χ1n) is 9.88. The highest BCUT2D eigenvalue weighted by Crippen LogP contribution is 2.22. The molecule has 0 radical (unpaired) electrons. The number of nitrogens with one attached hydrogen (secondary N) is 1. The summed E-state index contributed by atoms with van der Waals surface area (Å²) in [6, 6.07) is 16.6. The van der Waals surface area contributed by atoms with E-state index in [2.05, 4.69) is 20.4 Å². The number of aryl methyl sites for hydroxylation is 1. The second kappa shape index (κ2) is 8.76. The number of carbonyl (C=O) groups is 1. The van der Waals surface area contributed by atoms with Crippen molar-refractivity contribution < 1.29 is 9.72 Å². The molecule has 4 aromatic rings. The fourth-order valence-corrected chi connectivity index (χ4v) is 3.37. The molecule has 4 rings (SSSR count). The number of hydrogen-bond acceptors (Lipinski definition) is 6. The third kappa shape index (κ3) is 4.36. The maximum Gasteiger partial charge on any atom is 0.312 e. The van der Waals surface area contributed by atoms with Crippen molar-refractivity contribution in [1.29, 1.82) is 0 Å². The highest BCUT2D eigenvalue weighted by Gasteiger charge is 2.21. The quantitative estimate of drug-likeness (QED) is 0.364. The van der Waals surface area contributed by atoms with Crippen molar-refractivity contribution in [2.24, 2.45) is 0 Å². The minimum absolute atomic E-state index is 0.0292. The summed E-state index contributed by atoms with van der Waals surface area (Å²) in [5.74, 6) is 0.298. The summed E-state index contributed by atoms with van der Waals surface area (Å²) in [5.41, 5.74) is 3.64. The van der Waals surface area contributed by atoms with Crippen LogP contribution in [0.25, 0.3) is 11.4 Å². The van der Waals surface area contributed by atoms with Crippen LogP contribution in [-0.4, -0.2) is 30.6 Å². The molecule has 32 heavy (non-hydrogen) atoms. The van der Waals surface area contributed by atoms with E-state index in [4.69, 9.17) is 0 Å². The molecule has 0 fully saturated rings. The maximum absolute atomic E-state index is 12.6. The molecule has 0 bridgehead atoms. The standard InChI is InChI=1S/C23H20N6O3/c1-15-21(29(31)32)16(2)28(27-15)14-17-8-10-19(11-9-17)23(30)26-20-12-24-22(25-13-20)18-6-4-3-5-7-18/h3-13H,14H2,1-2H3,(H,26,30). The summed E-state index contributed by atoms with van der Waals surface area (Å²) in [4.78, 5) is 31.9. The Morgan fingerprint density at radius 2 is 1.69 bits per heavy atom. The summed E-state index contributed by atoms with van der Waals surface area (Å²) >= 11 is 0. The first-order chi connectivity index (χ1) is 15.4. The Balaban J connectivity index is 1.42. The zero-order chi connectivity index (χ0) is 22.7. The van der Waals surface area contributed by atoms with Crippen LogP contribution in [0.2, 0.25) is 0 Å². The fourth-order valence-electron chi connectivity index (χ4n) is 3.37. The van der Waals surface area contributed by atoms with E-state index in [1.807, 2.05) is 30.3 Å². The Labute approximate surface area is 183 Å². The normalized spacial score (nSPS) is 10.7. The predicted octanol–water partition coefficient (Wildman–Crippen LogP) is 4.17. The molecule has 0 atom stereocenters. The Kier molecular flexibility index (Phi) is 5.71. The van der Waals surface area contributed by atoms with Gasteiger partial charge in [0.15, 0.2) is 5.82 Å². The lowest BCUT2D eigenvalue weighted by Gasteiger charge is -2.07. The van der Waals surface area contributed by atoms with Crippen LogP contribution >= 0.6 is 0 Å². The smallest absolute Gasteiger partial charge is 0.312 e. The van der Waals surface area contributed by atoms with E-state index < -0.39 is 4.92 Å². The van der Waals surface area contributed by atoms with Crippen molar-refractivity contribution in [3.63, 3.8) is 0 Å². The molecular formula is C23H20N6O3. The molecule has 9 nitrogen and oxygen atoms in total. The van der Waals surface area contributed by atoms with E-state index in [-0.39, 0.29) is 11.6 Å². The molecule has 2 aromatic heterocycles. The Hall–Kier alpha value is -4.40. The van der Waals surface area contributed by atoms with Crippen LogP contribution in [0.15, 0.2) is 67.0 Å². The molecular weight excluding hydrogens is 408 g/mol. The van der Waals surface area contributed by atoms with Crippen molar-refractivity contribution in [3.05, 3.63) is 99.6 Å². The van der Waals surface area contributed by atoms with Gasteiger partial charge in [0.1, 0.15) is 11.4 Å². The lowest BCUT2D eigenvalue weighted by molar-refractivity contribution is -0.386. The van der Waals surface area contributed by atoms with Crippen LogP contribution in [0, 0.1) is 24.0 Å². The van der Waals surface area contributed by atoms with Gasteiger partial charge in [-0.3, -0.25) is 19.6 Å². The molecule has 2 heterocycles. The largest absolute Gasteiger partial charge is 0.319 e. The molecule has 0 aliphatic carbocycles. The van der Waals surface area contributed by atoms with Gasteiger partial charge in [-0.15, -0.1) is 0 Å². The Morgan fingerprint density at radius 1 is 1.03 bits per heavy atom. The van der Waals surface area contributed by atoms with E-state index in [1.165, 1.54) is 0 Å². The van der Waals surface area contributed by atoms with Gasteiger partial charge >= 0.3 is 5.69 Å². The van der Waals surface area contributed by atoms with E-state index >= 15 is 0 Å². The van der Waals surface area contributed by atoms with Crippen molar-refractivity contribution in [2.75, 3.05) is 5.32 Å². The molecule has 0 unspecified atom stereocenters. The molecule has 0 saturated heterocycles. The van der Waals surface area contributed by atoms with Gasteiger partial charge in [0.25, 0.3) is 5.91 Å². The van der Waals surface area contributed by atoms with Gasteiger partial charge in [-0.2, -0.15) is 5.10 Å². The lowest BCUT2D eigenvalue weighted by atomic mass is 10.1. The number of nitrogens with zero attached hydrogens (tertiary/aromatic N) is 5. The molecule has 1 N–H and O–H groups in total. The fraction of sp³-hybridized carbons (Fsp3) is 0.130. The second-order valence-electron chi connectivity index (χ2n) is 7.25. The van der Waals surface area contributed by atoms with Gasteiger partial charge in [-0.1, -0.05) is 42.5 Å². The molecule has 0 saturated carbocycles. The van der Waals surface area contributed by atoms with Crippen molar-refractivity contribution in [2.45, 2.75) is 20.4 Å². The van der Waals surface area contributed by atoms with Crippen molar-refractivity contribution in [3.8, 4) is 11.4 Å². The number of benzene rings is 2. The van der Waals surface area contributed by atoms with Crippen LogP contribution in [0.5, 0.6) is 0 Å². The second-order valence-corrected chi connectivity index (χ2v) is 7.25. The zero-order valence-electron chi connectivity index (χ0n) is 17.5. The first kappa shape index (κ1) is 20.9. The Morgan fingerprint density at radius 3 is 2.28 bits per heavy atom. The first-order valence-corrected chi connectivity index (χ1v) is 9.88. The predicted molar refractivity (Wildman–Crippen MR) is 119 cm³/mol. The monoisotopic (exact) mass is 428 g/mol. The van der Waals surface area contributed by atoms with E-state index in [0.29, 0.717) is 35.0 Å². The average molecular weight is 428 g/mol. The highest BCUT2D eigenvalue weighted by atomic mass is 16.6. The topological polar surface area (TPSA) is 116 Å². The van der Waals surface area contributed by atoms with Crippen molar-refractivity contribution in [1.82, 2.24) is 19.7 Å². The lowest BCUT2D eigenvalue weighted by Crippen LogP contribution is -2.12. The molecule has 0 spiro atoms. The third-order valence-corrected chi connectivity index (χ3v) is 5.02. The van der Waals surface area contributed by atoms with Crippen LogP contribution in [-0.2, 0) is 6.54 Å². The summed E-state index contributed by atoms with van der Waals surface area (Å²) in [6.45, 7) is 3.66. The van der Waals surface area contributed by atoms with Gasteiger partial charge in [-0.25, -0.2) is 9.97 Å². The average Bonchev–Trinajstić information content (AvgIpc) is 3.08. The summed E-state index contributed by atoms with van der Waals surface area (Å²) in [5, 5.41) is 18.2.